The van der Waals surface area contributed by atoms with E-state index in [-0.39, 0.29) is 17.9 Å². The van der Waals surface area contributed by atoms with Crippen LogP contribution in [-0.2, 0) is 4.79 Å². The molecular weight excluding hydrogens is 356 g/mol. The Balaban J connectivity index is 1.70. The zero-order chi connectivity index (χ0) is 19.8. The smallest absolute Gasteiger partial charge is 0.255 e. The zero-order valence-electron chi connectivity index (χ0n) is 16.8. The number of likely N-dealkylation sites (tertiary alicyclic amines) is 1. The van der Waals surface area contributed by atoms with Crippen molar-refractivity contribution in [3.05, 3.63) is 29.7 Å². The van der Waals surface area contributed by atoms with Gasteiger partial charge in [0.1, 0.15) is 0 Å². The van der Waals surface area contributed by atoms with Crippen molar-refractivity contribution in [3.8, 4) is 0 Å². The first kappa shape index (κ1) is 18.9. The second-order valence-corrected chi connectivity index (χ2v) is 8.02. The van der Waals surface area contributed by atoms with Crippen molar-refractivity contribution in [2.45, 2.75) is 45.7 Å². The van der Waals surface area contributed by atoms with Crippen molar-refractivity contribution < 1.29 is 9.59 Å². The summed E-state index contributed by atoms with van der Waals surface area (Å²) >= 11 is 0. The number of fused-ring (bicyclic) bond motifs is 1. The third-order valence-electron chi connectivity index (χ3n) is 5.90. The summed E-state index contributed by atoms with van der Waals surface area (Å²) in [6, 6.07) is 3.95. The average Bonchev–Trinajstić information content (AvgIpc) is 3.36. The molecule has 8 nitrogen and oxygen atoms in total. The lowest BCUT2D eigenvalue weighted by Gasteiger charge is -2.42. The molecule has 0 aliphatic carbocycles. The molecule has 4 heterocycles. The van der Waals surface area contributed by atoms with Crippen LogP contribution in [0.1, 0.15) is 55.8 Å². The lowest BCUT2D eigenvalue weighted by atomic mass is 10.1. The Morgan fingerprint density at radius 1 is 1.04 bits per heavy atom. The Labute approximate surface area is 165 Å². The van der Waals surface area contributed by atoms with E-state index >= 15 is 0 Å². The number of carbonyl (C=O) groups is 2. The van der Waals surface area contributed by atoms with Crippen molar-refractivity contribution in [2.24, 2.45) is 0 Å². The van der Waals surface area contributed by atoms with E-state index in [2.05, 4.69) is 28.9 Å². The normalized spacial score (nSPS) is 21.1. The molecule has 2 aliphatic rings. The molecule has 0 spiro atoms. The fourth-order valence-corrected chi connectivity index (χ4v) is 4.30. The SMILES string of the molecule is CC(=O)N1CCN(C(C)C)[C@H](c2nnc3ccc(C(=O)N4CCCC4)cn23)C1. The van der Waals surface area contributed by atoms with Gasteiger partial charge in [-0.2, -0.15) is 0 Å². The van der Waals surface area contributed by atoms with Crippen LogP contribution in [0.4, 0.5) is 0 Å². The molecular formula is C20H28N6O2. The van der Waals surface area contributed by atoms with E-state index < -0.39 is 0 Å². The van der Waals surface area contributed by atoms with Gasteiger partial charge in [0, 0.05) is 51.9 Å². The predicted octanol–water partition coefficient (Wildman–Crippen LogP) is 1.58. The van der Waals surface area contributed by atoms with E-state index in [0.29, 0.717) is 18.2 Å². The molecule has 2 aliphatic heterocycles. The topological polar surface area (TPSA) is 74.0 Å². The quantitative estimate of drug-likeness (QED) is 0.803. The van der Waals surface area contributed by atoms with Crippen LogP contribution in [-0.4, -0.2) is 79.9 Å². The summed E-state index contributed by atoms with van der Waals surface area (Å²) in [5.41, 5.74) is 1.38. The van der Waals surface area contributed by atoms with Gasteiger partial charge in [-0.1, -0.05) is 0 Å². The van der Waals surface area contributed by atoms with Gasteiger partial charge < -0.3 is 9.80 Å². The van der Waals surface area contributed by atoms with Crippen LogP contribution in [0.25, 0.3) is 5.65 Å². The summed E-state index contributed by atoms with van der Waals surface area (Å²) in [5, 5.41) is 8.77. The number of piperazine rings is 1. The average molecular weight is 384 g/mol. The first-order chi connectivity index (χ1) is 13.5. The summed E-state index contributed by atoms with van der Waals surface area (Å²) in [4.78, 5) is 30.9. The Morgan fingerprint density at radius 2 is 1.79 bits per heavy atom. The Hall–Kier alpha value is -2.48. The van der Waals surface area contributed by atoms with E-state index in [0.717, 1.165) is 50.5 Å². The maximum atomic E-state index is 12.8. The molecule has 0 N–H and O–H groups in total. The van der Waals surface area contributed by atoms with Gasteiger partial charge in [-0.05, 0) is 38.8 Å². The second kappa shape index (κ2) is 7.50. The molecule has 2 aromatic rings. The number of hydrogen-bond donors (Lipinski definition) is 0. The lowest BCUT2D eigenvalue weighted by Crippen LogP contribution is -2.52. The number of hydrogen-bond acceptors (Lipinski definition) is 5. The Kier molecular flexibility index (Phi) is 5.05. The number of rotatable bonds is 3. The van der Waals surface area contributed by atoms with Gasteiger partial charge in [-0.25, -0.2) is 0 Å². The molecule has 0 aromatic carbocycles. The van der Waals surface area contributed by atoms with Crippen LogP contribution in [0, 0.1) is 0 Å². The van der Waals surface area contributed by atoms with E-state index in [1.165, 1.54) is 0 Å². The van der Waals surface area contributed by atoms with Crippen molar-refractivity contribution in [1.82, 2.24) is 29.3 Å². The number of carbonyl (C=O) groups excluding carboxylic acids is 2. The van der Waals surface area contributed by atoms with Gasteiger partial charge in [0.25, 0.3) is 5.91 Å². The van der Waals surface area contributed by atoms with Crippen molar-refractivity contribution in [3.63, 3.8) is 0 Å². The first-order valence-electron chi connectivity index (χ1n) is 10.1. The molecule has 2 saturated heterocycles. The molecule has 4 rings (SSSR count). The predicted molar refractivity (Wildman–Crippen MR) is 105 cm³/mol. The first-order valence-corrected chi connectivity index (χ1v) is 10.1. The zero-order valence-corrected chi connectivity index (χ0v) is 16.8. The molecule has 2 amide bonds. The minimum Gasteiger partial charge on any atom is -0.340 e. The van der Waals surface area contributed by atoms with E-state index in [1.54, 1.807) is 6.92 Å². The van der Waals surface area contributed by atoms with Crippen LogP contribution in [0.3, 0.4) is 0 Å². The number of amides is 2. The van der Waals surface area contributed by atoms with Crippen LogP contribution in [0.15, 0.2) is 18.3 Å². The highest BCUT2D eigenvalue weighted by Gasteiger charge is 2.34. The minimum atomic E-state index is -0.0511. The van der Waals surface area contributed by atoms with E-state index in [4.69, 9.17) is 0 Å². The highest BCUT2D eigenvalue weighted by Crippen LogP contribution is 2.27. The summed E-state index contributed by atoms with van der Waals surface area (Å²) in [7, 11) is 0. The molecule has 2 fully saturated rings. The highest BCUT2D eigenvalue weighted by molar-refractivity contribution is 5.94. The second-order valence-electron chi connectivity index (χ2n) is 8.02. The summed E-state index contributed by atoms with van der Waals surface area (Å²) in [6.07, 6.45) is 3.99. The number of aromatic nitrogens is 3. The van der Waals surface area contributed by atoms with Gasteiger partial charge in [-0.3, -0.25) is 18.9 Å². The van der Waals surface area contributed by atoms with Crippen LogP contribution >= 0.6 is 0 Å². The minimum absolute atomic E-state index is 0.0511. The highest BCUT2D eigenvalue weighted by atomic mass is 16.2. The van der Waals surface area contributed by atoms with Crippen molar-refractivity contribution in [1.29, 1.82) is 0 Å². The lowest BCUT2D eigenvalue weighted by molar-refractivity contribution is -0.132. The fourth-order valence-electron chi connectivity index (χ4n) is 4.30. The molecule has 28 heavy (non-hydrogen) atoms. The van der Waals surface area contributed by atoms with Gasteiger partial charge in [-0.15, -0.1) is 10.2 Å². The van der Waals surface area contributed by atoms with Crippen molar-refractivity contribution in [2.75, 3.05) is 32.7 Å². The van der Waals surface area contributed by atoms with Crippen LogP contribution < -0.4 is 0 Å². The molecule has 0 bridgehead atoms. The molecule has 0 unspecified atom stereocenters. The van der Waals surface area contributed by atoms with Crippen LogP contribution in [0.2, 0.25) is 0 Å². The molecule has 8 heteroatoms. The van der Waals surface area contributed by atoms with Gasteiger partial charge in [0.05, 0.1) is 11.6 Å². The number of pyridine rings is 1. The van der Waals surface area contributed by atoms with Crippen molar-refractivity contribution >= 4 is 17.5 Å². The largest absolute Gasteiger partial charge is 0.340 e. The number of nitrogens with zero attached hydrogens (tertiary/aromatic N) is 6. The standard InChI is InChI=1S/C20H28N6O2/c1-14(2)25-11-10-24(15(3)27)13-17(25)19-22-21-18-7-6-16(12-26(18)19)20(28)23-8-4-5-9-23/h6-7,12,14,17H,4-5,8-11,13H2,1-3H3/t17-/m0/s1. The van der Waals surface area contributed by atoms with E-state index in [1.807, 2.05) is 32.5 Å². The molecule has 0 radical (unpaired) electrons. The Bertz CT molecular complexity index is 886. The molecule has 0 saturated carbocycles. The third kappa shape index (κ3) is 3.37. The monoisotopic (exact) mass is 384 g/mol. The maximum Gasteiger partial charge on any atom is 0.255 e. The van der Waals surface area contributed by atoms with Gasteiger partial charge >= 0.3 is 0 Å². The van der Waals surface area contributed by atoms with E-state index in [9.17, 15) is 9.59 Å². The van der Waals surface area contributed by atoms with Crippen LogP contribution in [0.5, 0.6) is 0 Å². The summed E-state index contributed by atoms with van der Waals surface area (Å²) < 4.78 is 1.92. The maximum absolute atomic E-state index is 12.8. The third-order valence-corrected chi connectivity index (χ3v) is 5.90. The summed E-state index contributed by atoms with van der Waals surface area (Å²) in [5.74, 6) is 0.923. The van der Waals surface area contributed by atoms with Gasteiger partial charge in [0.15, 0.2) is 11.5 Å². The molecule has 2 aromatic heterocycles. The molecule has 150 valence electrons. The Morgan fingerprint density at radius 3 is 2.46 bits per heavy atom. The van der Waals surface area contributed by atoms with Gasteiger partial charge in [0.2, 0.25) is 5.91 Å². The summed E-state index contributed by atoms with van der Waals surface area (Å²) in [6.45, 7) is 9.66. The fraction of sp³-hybridized carbons (Fsp3) is 0.600. The molecule has 1 atom stereocenters.